The predicted octanol–water partition coefficient (Wildman–Crippen LogP) is 2.61. The van der Waals surface area contributed by atoms with Crippen molar-refractivity contribution >= 4 is 5.96 Å². The Bertz CT molecular complexity index is 726. The van der Waals surface area contributed by atoms with E-state index in [-0.39, 0.29) is 6.54 Å². The smallest absolute Gasteiger partial charge is 0.191 e. The molecule has 0 spiro atoms. The van der Waals surface area contributed by atoms with Gasteiger partial charge in [-0.1, -0.05) is 18.2 Å². The number of nitrogens with one attached hydrogen (secondary N) is 2. The standard InChI is InChI=1S/C20H27N3O3/c1-3-21-19(23-14-20(2,24)18-9-6-11-26-18)22-13-15-10-12-25-17-8-5-4-7-16(15)17/h4-9,11,15,24H,3,10,12-14H2,1-2H3,(H2,21,22,23). The number of nitrogens with zero attached hydrogens (tertiary/aromatic N) is 1. The van der Waals surface area contributed by atoms with Crippen LogP contribution in [0.25, 0.3) is 0 Å². The fourth-order valence-corrected chi connectivity index (χ4v) is 3.09. The van der Waals surface area contributed by atoms with Crippen molar-refractivity contribution in [3.05, 3.63) is 54.0 Å². The number of fused-ring (bicyclic) bond motifs is 1. The first-order valence-corrected chi connectivity index (χ1v) is 9.10. The lowest BCUT2D eigenvalue weighted by molar-refractivity contribution is 0.0437. The Balaban J connectivity index is 1.64. The van der Waals surface area contributed by atoms with Crippen molar-refractivity contribution in [3.63, 3.8) is 0 Å². The lowest BCUT2D eigenvalue weighted by Gasteiger charge is -2.27. The van der Waals surface area contributed by atoms with Gasteiger partial charge in [-0.15, -0.1) is 0 Å². The largest absolute Gasteiger partial charge is 0.493 e. The molecule has 0 bridgehead atoms. The van der Waals surface area contributed by atoms with Crippen LogP contribution in [0.5, 0.6) is 5.75 Å². The van der Waals surface area contributed by atoms with E-state index in [9.17, 15) is 5.11 Å². The fraction of sp³-hybridized carbons (Fsp3) is 0.450. The van der Waals surface area contributed by atoms with E-state index in [0.717, 1.165) is 31.9 Å². The molecule has 26 heavy (non-hydrogen) atoms. The van der Waals surface area contributed by atoms with Gasteiger partial charge >= 0.3 is 0 Å². The maximum absolute atomic E-state index is 10.6. The van der Waals surface area contributed by atoms with Crippen molar-refractivity contribution < 1.29 is 14.3 Å². The van der Waals surface area contributed by atoms with Crippen LogP contribution in [-0.2, 0) is 5.60 Å². The van der Waals surface area contributed by atoms with Crippen LogP contribution >= 0.6 is 0 Å². The normalized spacial score (nSPS) is 19.2. The maximum atomic E-state index is 10.6. The number of rotatable bonds is 6. The van der Waals surface area contributed by atoms with Crippen molar-refractivity contribution in [2.75, 3.05) is 26.2 Å². The molecule has 2 atom stereocenters. The summed E-state index contributed by atoms with van der Waals surface area (Å²) in [4.78, 5) is 4.53. The quantitative estimate of drug-likeness (QED) is 0.547. The number of benzene rings is 1. The van der Waals surface area contributed by atoms with Gasteiger partial charge in [-0.2, -0.15) is 0 Å². The molecule has 0 saturated heterocycles. The molecule has 1 aromatic carbocycles. The summed E-state index contributed by atoms with van der Waals surface area (Å²) in [5, 5.41) is 17.2. The first kappa shape index (κ1) is 18.3. The number of aliphatic hydroxyl groups is 1. The average Bonchev–Trinajstić information content (AvgIpc) is 3.20. The van der Waals surface area contributed by atoms with Crippen molar-refractivity contribution in [2.24, 2.45) is 4.99 Å². The first-order valence-electron chi connectivity index (χ1n) is 9.10. The molecule has 6 nitrogen and oxygen atoms in total. The molecular weight excluding hydrogens is 330 g/mol. The molecule has 140 valence electrons. The van der Waals surface area contributed by atoms with Crippen LogP contribution in [0.3, 0.4) is 0 Å². The molecule has 1 aromatic heterocycles. The molecule has 2 heterocycles. The number of guanidine groups is 1. The van der Waals surface area contributed by atoms with Gasteiger partial charge in [0.25, 0.3) is 0 Å². The van der Waals surface area contributed by atoms with Crippen molar-refractivity contribution in [2.45, 2.75) is 31.8 Å². The molecule has 0 radical (unpaired) electrons. The fourth-order valence-electron chi connectivity index (χ4n) is 3.09. The van der Waals surface area contributed by atoms with E-state index in [4.69, 9.17) is 9.15 Å². The summed E-state index contributed by atoms with van der Waals surface area (Å²) in [5.74, 6) is 2.53. The highest BCUT2D eigenvalue weighted by atomic mass is 16.5. The predicted molar refractivity (Wildman–Crippen MR) is 102 cm³/mol. The second-order valence-electron chi connectivity index (χ2n) is 6.70. The van der Waals surface area contributed by atoms with Gasteiger partial charge in [0.1, 0.15) is 17.1 Å². The van der Waals surface area contributed by atoms with Crippen molar-refractivity contribution in [3.8, 4) is 5.75 Å². The molecule has 1 aliphatic rings. The van der Waals surface area contributed by atoms with E-state index in [2.05, 4.69) is 21.7 Å². The summed E-state index contributed by atoms with van der Waals surface area (Å²) in [5.41, 5.74) is 0.0848. The third kappa shape index (κ3) is 4.38. The molecule has 6 heteroatoms. The van der Waals surface area contributed by atoms with E-state index in [1.807, 2.05) is 25.1 Å². The van der Waals surface area contributed by atoms with Gasteiger partial charge < -0.3 is 24.9 Å². The Labute approximate surface area is 154 Å². The lowest BCUT2D eigenvalue weighted by Crippen LogP contribution is -2.41. The second-order valence-corrected chi connectivity index (χ2v) is 6.70. The molecule has 2 unspecified atom stereocenters. The second kappa shape index (κ2) is 8.27. The molecule has 0 saturated carbocycles. The number of hydrogen-bond acceptors (Lipinski definition) is 4. The minimum atomic E-state index is -1.14. The molecule has 0 aliphatic carbocycles. The van der Waals surface area contributed by atoms with Crippen LogP contribution in [0.1, 0.15) is 37.5 Å². The molecule has 1 aliphatic heterocycles. The van der Waals surface area contributed by atoms with Gasteiger partial charge in [0.2, 0.25) is 0 Å². The summed E-state index contributed by atoms with van der Waals surface area (Å²) in [6.45, 7) is 6.16. The number of hydrogen-bond donors (Lipinski definition) is 3. The molecular formula is C20H27N3O3. The van der Waals surface area contributed by atoms with E-state index < -0.39 is 5.60 Å². The Kier molecular flexibility index (Phi) is 5.83. The zero-order valence-corrected chi connectivity index (χ0v) is 15.4. The van der Waals surface area contributed by atoms with E-state index >= 15 is 0 Å². The highest BCUT2D eigenvalue weighted by Gasteiger charge is 2.26. The van der Waals surface area contributed by atoms with E-state index in [0.29, 0.717) is 17.6 Å². The monoisotopic (exact) mass is 357 g/mol. The number of ether oxygens (including phenoxy) is 1. The molecule has 3 N–H and O–H groups in total. The zero-order valence-electron chi connectivity index (χ0n) is 15.4. The van der Waals surface area contributed by atoms with Crippen molar-refractivity contribution in [1.29, 1.82) is 0 Å². The van der Waals surface area contributed by atoms with E-state index in [1.165, 1.54) is 5.56 Å². The third-order valence-electron chi connectivity index (χ3n) is 4.54. The summed E-state index contributed by atoms with van der Waals surface area (Å²) in [7, 11) is 0. The zero-order chi connectivity index (χ0) is 18.4. The Morgan fingerprint density at radius 3 is 2.88 bits per heavy atom. The van der Waals surface area contributed by atoms with Crippen LogP contribution in [0, 0.1) is 0 Å². The maximum Gasteiger partial charge on any atom is 0.191 e. The van der Waals surface area contributed by atoms with Gasteiger partial charge in [-0.25, -0.2) is 4.99 Å². The van der Waals surface area contributed by atoms with Gasteiger partial charge in [0, 0.05) is 19.0 Å². The lowest BCUT2D eigenvalue weighted by atomic mass is 9.93. The minimum absolute atomic E-state index is 0.209. The summed E-state index contributed by atoms with van der Waals surface area (Å²) in [6, 6.07) is 11.7. The van der Waals surface area contributed by atoms with Crippen LogP contribution in [0.15, 0.2) is 52.1 Å². The Morgan fingerprint density at radius 1 is 1.27 bits per heavy atom. The molecule has 0 fully saturated rings. The molecule has 2 aromatic rings. The van der Waals surface area contributed by atoms with Crippen LogP contribution < -0.4 is 15.4 Å². The van der Waals surface area contributed by atoms with Crippen molar-refractivity contribution in [1.82, 2.24) is 10.6 Å². The third-order valence-corrected chi connectivity index (χ3v) is 4.54. The molecule has 0 amide bonds. The SMILES string of the molecule is CCNC(=NCC(C)(O)c1ccco1)NCC1CCOc2ccccc21. The summed E-state index contributed by atoms with van der Waals surface area (Å²) < 4.78 is 11.0. The molecule has 3 rings (SSSR count). The average molecular weight is 357 g/mol. The van der Waals surface area contributed by atoms with Gasteiger partial charge in [0.15, 0.2) is 5.96 Å². The number of aliphatic imine (C=N–C) groups is 1. The first-order chi connectivity index (χ1) is 12.6. The number of furan rings is 1. The van der Waals surface area contributed by atoms with Gasteiger partial charge in [0.05, 0.1) is 19.4 Å². The van der Waals surface area contributed by atoms with Crippen LogP contribution in [0.2, 0.25) is 0 Å². The van der Waals surface area contributed by atoms with Crippen LogP contribution in [-0.4, -0.2) is 37.3 Å². The van der Waals surface area contributed by atoms with Gasteiger partial charge in [-0.3, -0.25) is 0 Å². The van der Waals surface area contributed by atoms with Gasteiger partial charge in [-0.05, 0) is 44.0 Å². The number of para-hydroxylation sites is 1. The topological polar surface area (TPSA) is 79.0 Å². The highest BCUT2D eigenvalue weighted by Crippen LogP contribution is 2.32. The van der Waals surface area contributed by atoms with Crippen LogP contribution in [0.4, 0.5) is 0 Å². The Morgan fingerprint density at radius 2 is 2.12 bits per heavy atom. The van der Waals surface area contributed by atoms with E-state index in [1.54, 1.807) is 25.3 Å². The highest BCUT2D eigenvalue weighted by molar-refractivity contribution is 5.79. The Hall–Kier alpha value is -2.47. The minimum Gasteiger partial charge on any atom is -0.493 e. The summed E-state index contributed by atoms with van der Waals surface area (Å²) in [6.07, 6.45) is 2.52. The summed E-state index contributed by atoms with van der Waals surface area (Å²) >= 11 is 0.